The predicted octanol–water partition coefficient (Wildman–Crippen LogP) is 6.74. The number of amides is 2. The van der Waals surface area contributed by atoms with Gasteiger partial charge in [-0.3, -0.25) is 13.9 Å². The molecule has 4 aromatic carbocycles. The van der Waals surface area contributed by atoms with Crippen molar-refractivity contribution >= 4 is 50.7 Å². The van der Waals surface area contributed by atoms with Gasteiger partial charge >= 0.3 is 0 Å². The lowest BCUT2D eigenvalue weighted by molar-refractivity contribution is -0.140. The fourth-order valence-corrected chi connectivity index (χ4v) is 6.46. The molecule has 0 spiro atoms. The van der Waals surface area contributed by atoms with E-state index in [0.717, 1.165) is 9.87 Å². The molecule has 0 aromatic heterocycles. The summed E-state index contributed by atoms with van der Waals surface area (Å²) in [5.41, 5.74) is 1.81. The lowest BCUT2D eigenvalue weighted by Gasteiger charge is -2.34. The molecule has 7 nitrogen and oxygen atoms in total. The van der Waals surface area contributed by atoms with Gasteiger partial charge in [0, 0.05) is 29.1 Å². The maximum Gasteiger partial charge on any atom is 0.264 e. The SMILES string of the molecule is CC[C@H](C)NC(=O)[C@H](Cc1ccccc1)N(Cc1cccc(Cl)c1)C(=O)CN(c1ccc(Cl)cc1)S(=O)(=O)c1ccccc1. The molecule has 1 N–H and O–H groups in total. The minimum atomic E-state index is -4.18. The van der Waals surface area contributed by atoms with Crippen LogP contribution in [0.4, 0.5) is 5.69 Å². The summed E-state index contributed by atoms with van der Waals surface area (Å²) >= 11 is 12.4. The second-order valence-corrected chi connectivity index (χ2v) is 13.2. The second-order valence-electron chi connectivity index (χ2n) is 10.5. The van der Waals surface area contributed by atoms with Gasteiger partial charge < -0.3 is 10.2 Å². The van der Waals surface area contributed by atoms with Crippen LogP contribution < -0.4 is 9.62 Å². The summed E-state index contributed by atoms with van der Waals surface area (Å²) in [6, 6.07) is 29.5. The fourth-order valence-electron chi connectivity index (χ4n) is 4.68. The van der Waals surface area contributed by atoms with Crippen LogP contribution in [0.2, 0.25) is 10.0 Å². The molecule has 0 aliphatic heterocycles. The minimum absolute atomic E-state index is 0.0273. The third-order valence-corrected chi connectivity index (χ3v) is 9.51. The van der Waals surface area contributed by atoms with Crippen LogP contribution in [-0.2, 0) is 32.6 Å². The van der Waals surface area contributed by atoms with Crippen LogP contribution in [0.25, 0.3) is 0 Å². The molecule has 0 heterocycles. The number of anilines is 1. The summed E-state index contributed by atoms with van der Waals surface area (Å²) in [7, 11) is -4.18. The number of benzene rings is 4. The van der Waals surface area contributed by atoms with Crippen molar-refractivity contribution in [2.45, 2.75) is 50.2 Å². The summed E-state index contributed by atoms with van der Waals surface area (Å²) in [4.78, 5) is 29.8. The monoisotopic (exact) mass is 651 g/mol. The summed E-state index contributed by atoms with van der Waals surface area (Å²) in [5, 5.41) is 3.92. The molecule has 44 heavy (non-hydrogen) atoms. The van der Waals surface area contributed by atoms with Gasteiger partial charge in [0.2, 0.25) is 11.8 Å². The van der Waals surface area contributed by atoms with Gasteiger partial charge in [0.15, 0.2) is 0 Å². The highest BCUT2D eigenvalue weighted by molar-refractivity contribution is 7.92. The van der Waals surface area contributed by atoms with Crippen LogP contribution in [-0.4, -0.2) is 43.8 Å². The van der Waals surface area contributed by atoms with Crippen LogP contribution in [0.15, 0.2) is 114 Å². The quantitative estimate of drug-likeness (QED) is 0.173. The number of halogens is 2. The Morgan fingerprint density at radius 3 is 2.02 bits per heavy atom. The van der Waals surface area contributed by atoms with Crippen molar-refractivity contribution in [3.8, 4) is 0 Å². The number of nitrogens with one attached hydrogen (secondary N) is 1. The van der Waals surface area contributed by atoms with E-state index in [4.69, 9.17) is 23.2 Å². The van der Waals surface area contributed by atoms with Crippen molar-refractivity contribution in [1.29, 1.82) is 0 Å². The van der Waals surface area contributed by atoms with E-state index in [-0.39, 0.29) is 35.5 Å². The molecule has 0 radical (unpaired) electrons. The van der Waals surface area contributed by atoms with E-state index in [1.165, 1.54) is 17.0 Å². The molecule has 230 valence electrons. The van der Waals surface area contributed by atoms with E-state index < -0.39 is 28.5 Å². The topological polar surface area (TPSA) is 86.8 Å². The molecular weight excluding hydrogens is 617 g/mol. The molecule has 4 aromatic rings. The highest BCUT2D eigenvalue weighted by Gasteiger charge is 2.35. The van der Waals surface area contributed by atoms with Gasteiger partial charge in [-0.05, 0) is 73.0 Å². The van der Waals surface area contributed by atoms with Gasteiger partial charge in [-0.1, -0.05) is 90.8 Å². The Balaban J connectivity index is 1.80. The van der Waals surface area contributed by atoms with Gasteiger partial charge in [0.25, 0.3) is 10.0 Å². The Hall–Kier alpha value is -3.85. The number of hydrogen-bond acceptors (Lipinski definition) is 4. The number of sulfonamides is 1. The first-order valence-electron chi connectivity index (χ1n) is 14.3. The van der Waals surface area contributed by atoms with E-state index >= 15 is 0 Å². The molecule has 0 aliphatic carbocycles. The average molecular weight is 653 g/mol. The van der Waals surface area contributed by atoms with E-state index in [1.54, 1.807) is 60.7 Å². The minimum Gasteiger partial charge on any atom is -0.352 e. The molecule has 0 unspecified atom stereocenters. The number of carbonyl (C=O) groups is 2. The van der Waals surface area contributed by atoms with Crippen molar-refractivity contribution in [1.82, 2.24) is 10.2 Å². The molecule has 2 amide bonds. The van der Waals surface area contributed by atoms with E-state index in [9.17, 15) is 18.0 Å². The molecule has 0 saturated carbocycles. The highest BCUT2D eigenvalue weighted by Crippen LogP contribution is 2.26. The summed E-state index contributed by atoms with van der Waals surface area (Å²) in [5.74, 6) is -0.887. The molecule has 2 atom stereocenters. The Kier molecular flexibility index (Phi) is 11.4. The zero-order valence-electron chi connectivity index (χ0n) is 24.6. The van der Waals surface area contributed by atoms with Crippen LogP contribution in [0.3, 0.4) is 0 Å². The molecule has 0 saturated heterocycles. The number of rotatable bonds is 13. The Morgan fingerprint density at radius 1 is 0.795 bits per heavy atom. The first-order valence-corrected chi connectivity index (χ1v) is 16.5. The van der Waals surface area contributed by atoms with Gasteiger partial charge in [-0.25, -0.2) is 8.42 Å². The molecule has 0 fully saturated rings. The van der Waals surface area contributed by atoms with E-state index in [2.05, 4.69) is 5.32 Å². The van der Waals surface area contributed by atoms with Gasteiger partial charge in [-0.15, -0.1) is 0 Å². The van der Waals surface area contributed by atoms with Gasteiger partial charge in [0.05, 0.1) is 10.6 Å². The third-order valence-electron chi connectivity index (χ3n) is 7.24. The van der Waals surface area contributed by atoms with Crippen LogP contribution in [0, 0.1) is 0 Å². The molecule has 0 aliphatic rings. The maximum absolute atomic E-state index is 14.4. The largest absolute Gasteiger partial charge is 0.352 e. The Labute approximate surface area is 269 Å². The van der Waals surface area contributed by atoms with Gasteiger partial charge in [0.1, 0.15) is 12.6 Å². The van der Waals surface area contributed by atoms with Crippen LogP contribution >= 0.6 is 23.2 Å². The molecular formula is C34H35Cl2N3O4S. The average Bonchev–Trinajstić information content (AvgIpc) is 3.02. The summed E-state index contributed by atoms with van der Waals surface area (Å²) < 4.78 is 29.0. The van der Waals surface area contributed by atoms with E-state index in [0.29, 0.717) is 22.0 Å². The number of hydrogen-bond donors (Lipinski definition) is 1. The maximum atomic E-state index is 14.4. The van der Waals surface area contributed by atoms with E-state index in [1.807, 2.05) is 50.2 Å². The number of nitrogens with zero attached hydrogens (tertiary/aromatic N) is 2. The molecule has 10 heteroatoms. The smallest absolute Gasteiger partial charge is 0.264 e. The highest BCUT2D eigenvalue weighted by atomic mass is 35.5. The molecule has 0 bridgehead atoms. The lowest BCUT2D eigenvalue weighted by Crippen LogP contribution is -2.54. The zero-order chi connectivity index (χ0) is 31.7. The Morgan fingerprint density at radius 2 is 1.41 bits per heavy atom. The first-order chi connectivity index (χ1) is 21.1. The predicted molar refractivity (Wildman–Crippen MR) is 176 cm³/mol. The Bertz CT molecular complexity index is 1650. The van der Waals surface area contributed by atoms with Crippen molar-refractivity contribution in [2.75, 3.05) is 10.8 Å². The first kappa shape index (κ1) is 33.1. The fraction of sp³-hybridized carbons (Fsp3) is 0.235. The van der Waals surface area contributed by atoms with Crippen molar-refractivity contribution in [3.05, 3.63) is 130 Å². The second kappa shape index (κ2) is 15.2. The van der Waals surface area contributed by atoms with Gasteiger partial charge in [-0.2, -0.15) is 0 Å². The summed E-state index contributed by atoms with van der Waals surface area (Å²) in [6.45, 7) is 3.34. The van der Waals surface area contributed by atoms with Crippen molar-refractivity contribution < 1.29 is 18.0 Å². The standard InChI is InChI=1S/C34H35Cl2N3O4S/c1-3-25(2)37-34(41)32(22-26-11-6-4-7-12-26)38(23-27-13-10-14-29(36)21-27)33(40)24-39(30-19-17-28(35)18-20-30)44(42,43)31-15-8-5-9-16-31/h4-21,25,32H,3,22-24H2,1-2H3,(H,37,41)/t25-,32-/m0/s1. The van der Waals surface area contributed by atoms with Crippen molar-refractivity contribution in [3.63, 3.8) is 0 Å². The van der Waals surface area contributed by atoms with Crippen LogP contribution in [0.5, 0.6) is 0 Å². The third kappa shape index (κ3) is 8.62. The molecule has 4 rings (SSSR count). The van der Waals surface area contributed by atoms with Crippen LogP contribution in [0.1, 0.15) is 31.4 Å². The number of carbonyl (C=O) groups excluding carboxylic acids is 2. The van der Waals surface area contributed by atoms with Crippen molar-refractivity contribution in [2.24, 2.45) is 0 Å². The lowest BCUT2D eigenvalue weighted by atomic mass is 10.0. The normalized spacial score (nSPS) is 12.6. The zero-order valence-corrected chi connectivity index (χ0v) is 26.9. The summed E-state index contributed by atoms with van der Waals surface area (Å²) in [6.07, 6.45) is 0.924.